The van der Waals surface area contributed by atoms with Gasteiger partial charge in [-0.15, -0.1) is 11.3 Å². The van der Waals surface area contributed by atoms with Crippen molar-refractivity contribution < 1.29 is 0 Å². The van der Waals surface area contributed by atoms with E-state index in [-0.39, 0.29) is 0 Å². The van der Waals surface area contributed by atoms with Gasteiger partial charge in [0.15, 0.2) is 0 Å². The molecule has 1 fully saturated rings. The maximum atomic E-state index is 4.75. The van der Waals surface area contributed by atoms with E-state index in [9.17, 15) is 0 Å². The van der Waals surface area contributed by atoms with Crippen LogP contribution in [-0.2, 0) is 13.1 Å². The Kier molecular flexibility index (Phi) is 6.42. The van der Waals surface area contributed by atoms with E-state index in [2.05, 4.69) is 41.3 Å². The minimum Gasteiger partial charge on any atom is -0.309 e. The van der Waals surface area contributed by atoms with Crippen LogP contribution in [0, 0.1) is 0 Å². The van der Waals surface area contributed by atoms with Crippen LogP contribution in [0.3, 0.4) is 0 Å². The molecule has 0 radical (unpaired) electrons. The minimum absolute atomic E-state index is 0.572. The van der Waals surface area contributed by atoms with E-state index in [1.165, 1.54) is 49.8 Å². The van der Waals surface area contributed by atoms with Crippen molar-refractivity contribution in [1.82, 2.24) is 20.1 Å². The fourth-order valence-corrected chi connectivity index (χ4v) is 3.22. The molecule has 1 N–H and O–H groups in total. The Morgan fingerprint density at radius 3 is 2.60 bits per heavy atom. The lowest BCUT2D eigenvalue weighted by Gasteiger charge is -2.33. The second-order valence-corrected chi connectivity index (χ2v) is 6.58. The maximum absolute atomic E-state index is 4.75. The molecule has 1 atom stereocenters. The fraction of sp³-hybridized carbons (Fsp3) is 0.800. The molecule has 0 saturated carbocycles. The molecule has 1 aliphatic rings. The number of aromatic nitrogens is 1. The molecule has 0 aromatic carbocycles. The van der Waals surface area contributed by atoms with E-state index in [4.69, 9.17) is 4.98 Å². The molecule has 2 rings (SSSR count). The number of nitrogens with one attached hydrogen (secondary N) is 1. The van der Waals surface area contributed by atoms with Gasteiger partial charge in [0.25, 0.3) is 0 Å². The summed E-state index contributed by atoms with van der Waals surface area (Å²) in [5, 5.41) is 6.96. The van der Waals surface area contributed by atoms with Gasteiger partial charge in [-0.3, -0.25) is 4.90 Å². The zero-order chi connectivity index (χ0) is 14.4. The Balaban J connectivity index is 1.75. The van der Waals surface area contributed by atoms with Gasteiger partial charge in [-0.25, -0.2) is 4.98 Å². The summed E-state index contributed by atoms with van der Waals surface area (Å²) in [6, 6.07) is 0.572. The topological polar surface area (TPSA) is 31.4 Å². The van der Waals surface area contributed by atoms with E-state index >= 15 is 0 Å². The van der Waals surface area contributed by atoms with Gasteiger partial charge in [0.1, 0.15) is 5.01 Å². The predicted octanol–water partition coefficient (Wildman–Crippen LogP) is 2.17. The maximum Gasteiger partial charge on any atom is 0.107 e. The molecule has 2 heterocycles. The molecular weight excluding hydrogens is 268 g/mol. The van der Waals surface area contributed by atoms with Crippen molar-refractivity contribution in [2.75, 3.05) is 32.7 Å². The third-order valence-corrected chi connectivity index (χ3v) is 5.00. The van der Waals surface area contributed by atoms with Crippen molar-refractivity contribution in [1.29, 1.82) is 0 Å². The summed E-state index contributed by atoms with van der Waals surface area (Å²) in [7, 11) is 0. The van der Waals surface area contributed by atoms with Gasteiger partial charge in [-0.2, -0.15) is 0 Å². The Labute approximate surface area is 127 Å². The van der Waals surface area contributed by atoms with Crippen LogP contribution in [0.25, 0.3) is 0 Å². The van der Waals surface area contributed by atoms with Crippen LogP contribution in [0.4, 0.5) is 0 Å². The second-order valence-electron chi connectivity index (χ2n) is 5.63. The first-order chi connectivity index (χ1) is 9.71. The molecular formula is C15H28N4S. The van der Waals surface area contributed by atoms with Gasteiger partial charge >= 0.3 is 0 Å². The summed E-state index contributed by atoms with van der Waals surface area (Å²) in [4.78, 5) is 9.79. The van der Waals surface area contributed by atoms with Gasteiger partial charge in [-0.05, 0) is 19.9 Å². The number of thiazole rings is 1. The van der Waals surface area contributed by atoms with Crippen LogP contribution in [0.2, 0.25) is 0 Å². The first-order valence-corrected chi connectivity index (χ1v) is 8.70. The lowest BCUT2D eigenvalue weighted by molar-refractivity contribution is 0.132. The molecule has 1 aromatic heterocycles. The van der Waals surface area contributed by atoms with Crippen molar-refractivity contribution in [3.8, 4) is 0 Å². The Morgan fingerprint density at radius 1 is 1.25 bits per heavy atom. The van der Waals surface area contributed by atoms with Crippen LogP contribution in [0.5, 0.6) is 0 Å². The lowest BCUT2D eigenvalue weighted by atomic mass is 10.2. The predicted molar refractivity (Wildman–Crippen MR) is 86.1 cm³/mol. The quantitative estimate of drug-likeness (QED) is 0.835. The third-order valence-electron chi connectivity index (χ3n) is 4.11. The number of nitrogens with zero attached hydrogens (tertiary/aromatic N) is 3. The van der Waals surface area contributed by atoms with Crippen molar-refractivity contribution in [2.24, 2.45) is 0 Å². The normalized spacial score (nSPS) is 19.4. The first-order valence-electron chi connectivity index (χ1n) is 7.82. The zero-order valence-corrected chi connectivity index (χ0v) is 13.9. The van der Waals surface area contributed by atoms with Crippen LogP contribution >= 0.6 is 11.3 Å². The summed E-state index contributed by atoms with van der Waals surface area (Å²) in [5.74, 6) is 0. The third kappa shape index (κ3) is 4.81. The minimum atomic E-state index is 0.572. The molecule has 0 amide bonds. The van der Waals surface area contributed by atoms with Crippen LogP contribution in [0.15, 0.2) is 5.38 Å². The van der Waals surface area contributed by atoms with Gasteiger partial charge < -0.3 is 10.2 Å². The van der Waals surface area contributed by atoms with Crippen molar-refractivity contribution >= 4 is 11.3 Å². The summed E-state index contributed by atoms with van der Waals surface area (Å²) in [6.07, 6.45) is 1.17. The Morgan fingerprint density at radius 2 is 1.95 bits per heavy atom. The number of piperazine rings is 1. The second kappa shape index (κ2) is 8.08. The molecule has 1 unspecified atom stereocenters. The molecule has 114 valence electrons. The monoisotopic (exact) mass is 296 g/mol. The molecule has 0 spiro atoms. The van der Waals surface area contributed by atoms with Crippen molar-refractivity contribution in [3.63, 3.8) is 0 Å². The van der Waals surface area contributed by atoms with Gasteiger partial charge in [0.2, 0.25) is 0 Å². The van der Waals surface area contributed by atoms with E-state index in [1.807, 2.05) is 0 Å². The molecule has 5 heteroatoms. The Hall–Kier alpha value is -0.490. The van der Waals surface area contributed by atoms with Crippen molar-refractivity contribution in [3.05, 3.63) is 16.1 Å². The molecule has 4 nitrogen and oxygen atoms in total. The SMILES string of the molecule is CCC(C)NCc1csc(CN2CCN(CC)CC2)n1. The van der Waals surface area contributed by atoms with Crippen molar-refractivity contribution in [2.45, 2.75) is 46.3 Å². The zero-order valence-electron chi connectivity index (χ0n) is 13.1. The molecule has 0 aliphatic carbocycles. The summed E-state index contributed by atoms with van der Waals surface area (Å²) >= 11 is 1.80. The van der Waals surface area contributed by atoms with E-state index in [0.717, 1.165) is 13.1 Å². The highest BCUT2D eigenvalue weighted by atomic mass is 32.1. The number of hydrogen-bond donors (Lipinski definition) is 1. The number of rotatable bonds is 7. The highest BCUT2D eigenvalue weighted by molar-refractivity contribution is 7.09. The standard InChI is InChI=1S/C15H28N4S/c1-4-13(3)16-10-14-12-20-15(17-14)11-19-8-6-18(5-2)7-9-19/h12-13,16H,4-11H2,1-3H3. The van der Waals surface area contributed by atoms with Crippen LogP contribution in [0.1, 0.15) is 37.9 Å². The Bertz CT molecular complexity index is 385. The van der Waals surface area contributed by atoms with Gasteiger partial charge in [-0.1, -0.05) is 13.8 Å². The van der Waals surface area contributed by atoms with E-state index < -0.39 is 0 Å². The fourth-order valence-electron chi connectivity index (χ4n) is 2.38. The highest BCUT2D eigenvalue weighted by Crippen LogP contribution is 2.14. The molecule has 20 heavy (non-hydrogen) atoms. The number of likely N-dealkylation sites (N-methyl/N-ethyl adjacent to an activating group) is 1. The van der Waals surface area contributed by atoms with Crippen LogP contribution < -0.4 is 5.32 Å². The van der Waals surface area contributed by atoms with Gasteiger partial charge in [0, 0.05) is 44.1 Å². The van der Waals surface area contributed by atoms with Crippen LogP contribution in [-0.4, -0.2) is 53.5 Å². The molecule has 0 bridgehead atoms. The van der Waals surface area contributed by atoms with Gasteiger partial charge in [0.05, 0.1) is 12.2 Å². The molecule has 1 aromatic rings. The first kappa shape index (κ1) is 15.9. The summed E-state index contributed by atoms with van der Waals surface area (Å²) in [6.45, 7) is 14.5. The van der Waals surface area contributed by atoms with E-state index in [0.29, 0.717) is 6.04 Å². The average molecular weight is 296 g/mol. The smallest absolute Gasteiger partial charge is 0.107 e. The largest absolute Gasteiger partial charge is 0.309 e. The summed E-state index contributed by atoms with van der Waals surface area (Å²) in [5.41, 5.74) is 1.19. The van der Waals surface area contributed by atoms with E-state index in [1.54, 1.807) is 11.3 Å². The molecule has 1 aliphatic heterocycles. The average Bonchev–Trinajstić information content (AvgIpc) is 2.93. The lowest BCUT2D eigenvalue weighted by Crippen LogP contribution is -2.45. The number of hydrogen-bond acceptors (Lipinski definition) is 5. The summed E-state index contributed by atoms with van der Waals surface area (Å²) < 4.78 is 0. The highest BCUT2D eigenvalue weighted by Gasteiger charge is 2.16. The molecule has 1 saturated heterocycles.